The van der Waals surface area contributed by atoms with Crippen LogP contribution in [-0.4, -0.2) is 59.9 Å². The lowest BCUT2D eigenvalue weighted by atomic mass is 9.83. The fourth-order valence-corrected chi connectivity index (χ4v) is 6.97. The van der Waals surface area contributed by atoms with Gasteiger partial charge >= 0.3 is 11.5 Å². The van der Waals surface area contributed by atoms with Crippen molar-refractivity contribution in [3.63, 3.8) is 0 Å². The first-order valence-corrected chi connectivity index (χ1v) is 15.6. The monoisotopic (exact) mass is 664 g/mol. The van der Waals surface area contributed by atoms with Crippen LogP contribution in [-0.2, 0) is 25.8 Å². The number of anilines is 1. The predicted octanol–water partition coefficient (Wildman–Crippen LogP) is 4.39. The van der Waals surface area contributed by atoms with Gasteiger partial charge in [-0.15, -0.1) is 0 Å². The Morgan fingerprint density at radius 2 is 1.80 bits per heavy atom. The number of carboxylic acid groups (broad SMARTS) is 1. The minimum atomic E-state index is -5.64. The van der Waals surface area contributed by atoms with Crippen molar-refractivity contribution >= 4 is 33.3 Å². The Hall–Kier alpha value is -4.60. The number of hydrogen-bond donors (Lipinski definition) is 3. The number of carboxylic acids is 1. The number of nitrogens with zero attached hydrogens (tertiary/aromatic N) is 2. The van der Waals surface area contributed by atoms with Crippen LogP contribution in [0.25, 0.3) is 11.3 Å². The van der Waals surface area contributed by atoms with Gasteiger partial charge in [0, 0.05) is 36.0 Å². The van der Waals surface area contributed by atoms with Crippen LogP contribution in [0.4, 0.5) is 23.2 Å². The van der Waals surface area contributed by atoms with Crippen LogP contribution < -0.4 is 15.4 Å². The number of carbonyl (C=O) groups is 3. The van der Waals surface area contributed by atoms with Crippen LogP contribution in [0.1, 0.15) is 41.7 Å². The SMILES string of the molecule is COc1cc(F)c(-c2cnc(CCC(=O)O)cn2)cc1C(=O)N[C@@H]1[C@@H]2CC[C@@H](C2)[C@@H]1C(=O)Nc1cccc(S(=O)(=O)C(F)(F)F)c1. The van der Waals surface area contributed by atoms with Crippen molar-refractivity contribution in [2.45, 2.75) is 48.5 Å². The second-order valence-electron chi connectivity index (χ2n) is 11.1. The molecule has 2 amide bonds. The van der Waals surface area contributed by atoms with E-state index in [2.05, 4.69) is 20.6 Å². The molecule has 0 aliphatic heterocycles. The Labute approximate surface area is 260 Å². The van der Waals surface area contributed by atoms with Crippen molar-refractivity contribution < 1.29 is 50.2 Å². The molecule has 0 saturated heterocycles. The number of sulfone groups is 1. The van der Waals surface area contributed by atoms with Crippen LogP contribution in [0.5, 0.6) is 5.75 Å². The van der Waals surface area contributed by atoms with Gasteiger partial charge in [-0.05, 0) is 55.4 Å². The predicted molar refractivity (Wildman–Crippen MR) is 154 cm³/mol. The smallest absolute Gasteiger partial charge is 0.496 e. The van der Waals surface area contributed by atoms with Crippen molar-refractivity contribution in [1.29, 1.82) is 0 Å². The molecule has 16 heteroatoms. The summed E-state index contributed by atoms with van der Waals surface area (Å²) in [4.78, 5) is 45.2. The Morgan fingerprint density at radius 1 is 1.07 bits per heavy atom. The molecule has 2 fully saturated rings. The largest absolute Gasteiger partial charge is 0.501 e. The first-order valence-electron chi connectivity index (χ1n) is 14.1. The number of benzene rings is 2. The van der Waals surface area contributed by atoms with Crippen LogP contribution in [0.3, 0.4) is 0 Å². The molecule has 2 aromatic carbocycles. The molecule has 1 aromatic heterocycles. The molecule has 46 heavy (non-hydrogen) atoms. The lowest BCUT2D eigenvalue weighted by Crippen LogP contribution is -2.48. The number of rotatable bonds is 10. The maximum atomic E-state index is 15.1. The Bertz CT molecular complexity index is 1780. The van der Waals surface area contributed by atoms with Crippen molar-refractivity contribution in [2.75, 3.05) is 12.4 Å². The number of methoxy groups -OCH3 is 1. The van der Waals surface area contributed by atoms with E-state index in [0.29, 0.717) is 25.0 Å². The normalized spacial score (nSPS) is 20.7. The summed E-state index contributed by atoms with van der Waals surface area (Å²) in [5, 5.41) is 14.2. The molecular formula is C30H28F4N4O7S. The Kier molecular flexibility index (Phi) is 9.02. The molecule has 2 bridgehead atoms. The van der Waals surface area contributed by atoms with E-state index in [1.165, 1.54) is 31.6 Å². The number of aryl methyl sites for hydroxylation is 1. The summed E-state index contributed by atoms with van der Waals surface area (Å²) in [6, 6.07) is 5.43. The Balaban J connectivity index is 1.37. The van der Waals surface area contributed by atoms with Crippen LogP contribution in [0, 0.1) is 23.6 Å². The number of fused-ring (bicyclic) bond motifs is 2. The quantitative estimate of drug-likeness (QED) is 0.267. The van der Waals surface area contributed by atoms with Crippen molar-refractivity contribution in [2.24, 2.45) is 17.8 Å². The molecule has 1 heterocycles. The van der Waals surface area contributed by atoms with Gasteiger partial charge in [0.1, 0.15) is 11.6 Å². The fourth-order valence-electron chi connectivity index (χ4n) is 6.16. The third-order valence-electron chi connectivity index (χ3n) is 8.34. The molecule has 244 valence electrons. The molecule has 5 rings (SSSR count). The molecular weight excluding hydrogens is 636 g/mol. The number of halogens is 4. The van der Waals surface area contributed by atoms with Crippen molar-refractivity contribution in [1.82, 2.24) is 15.3 Å². The fraction of sp³-hybridized carbons (Fsp3) is 0.367. The summed E-state index contributed by atoms with van der Waals surface area (Å²) in [5.41, 5.74) is -5.33. The van der Waals surface area contributed by atoms with E-state index >= 15 is 4.39 Å². The standard InChI is InChI=1S/C30H28F4N4O7S/c1-45-24-12-22(31)20(23-14-35-18(13-36-23)7-8-25(39)40)11-21(24)28(41)38-27-16-6-5-15(9-16)26(27)29(42)37-17-3-2-4-19(10-17)46(43,44)30(32,33)34/h2-4,10-16,26-27H,5-9H2,1H3,(H,37,42)(H,38,41)(H,39,40)/t15-,16+,26-,27+/m0/s1. The average molecular weight is 665 g/mol. The first kappa shape index (κ1) is 32.8. The number of alkyl halides is 3. The molecule has 0 radical (unpaired) electrons. The van der Waals surface area contributed by atoms with E-state index in [-0.39, 0.29) is 52.9 Å². The highest BCUT2D eigenvalue weighted by Crippen LogP contribution is 2.49. The van der Waals surface area contributed by atoms with Crippen molar-refractivity contribution in [3.05, 3.63) is 65.9 Å². The molecule has 4 atom stereocenters. The maximum Gasteiger partial charge on any atom is 0.501 e. The average Bonchev–Trinajstić information content (AvgIpc) is 3.62. The molecule has 3 N–H and O–H groups in total. The van der Waals surface area contributed by atoms with E-state index in [1.54, 1.807) is 0 Å². The molecule has 2 aliphatic rings. The summed E-state index contributed by atoms with van der Waals surface area (Å²) < 4.78 is 83.3. The third-order valence-corrected chi connectivity index (χ3v) is 9.83. The number of carbonyl (C=O) groups excluding carboxylic acids is 2. The lowest BCUT2D eigenvalue weighted by Gasteiger charge is -2.31. The minimum Gasteiger partial charge on any atom is -0.496 e. The van der Waals surface area contributed by atoms with Gasteiger partial charge in [0.2, 0.25) is 5.91 Å². The molecule has 0 spiro atoms. The van der Waals surface area contributed by atoms with Gasteiger partial charge < -0.3 is 20.5 Å². The van der Waals surface area contributed by atoms with Crippen LogP contribution in [0.15, 0.2) is 53.7 Å². The van der Waals surface area contributed by atoms with E-state index in [1.807, 2.05) is 0 Å². The molecule has 3 aromatic rings. The minimum absolute atomic E-state index is 0.0531. The Morgan fingerprint density at radius 3 is 2.46 bits per heavy atom. The summed E-state index contributed by atoms with van der Waals surface area (Å²) in [6.45, 7) is 0. The second kappa shape index (κ2) is 12.7. The van der Waals surface area contributed by atoms with Gasteiger partial charge in [-0.3, -0.25) is 24.4 Å². The van der Waals surface area contributed by atoms with Crippen LogP contribution >= 0.6 is 0 Å². The topological polar surface area (TPSA) is 165 Å². The second-order valence-corrected chi connectivity index (χ2v) is 13.1. The zero-order valence-electron chi connectivity index (χ0n) is 24.2. The van der Waals surface area contributed by atoms with Gasteiger partial charge in [0.15, 0.2) is 0 Å². The van der Waals surface area contributed by atoms with E-state index in [0.717, 1.165) is 24.3 Å². The lowest BCUT2D eigenvalue weighted by molar-refractivity contribution is -0.137. The number of hydrogen-bond acceptors (Lipinski definition) is 8. The third kappa shape index (κ3) is 6.52. The summed E-state index contributed by atoms with van der Waals surface area (Å²) in [7, 11) is -4.38. The van der Waals surface area contributed by atoms with Gasteiger partial charge in [-0.2, -0.15) is 13.2 Å². The highest BCUT2D eigenvalue weighted by atomic mass is 32.2. The molecule has 2 saturated carbocycles. The summed E-state index contributed by atoms with van der Waals surface area (Å²) in [6.07, 6.45) is 4.54. The first-order chi connectivity index (χ1) is 21.7. The maximum absolute atomic E-state index is 15.1. The molecule has 11 nitrogen and oxygen atoms in total. The number of ether oxygens (including phenoxy) is 1. The number of amides is 2. The number of nitrogens with one attached hydrogen (secondary N) is 2. The molecule has 2 aliphatic carbocycles. The van der Waals surface area contributed by atoms with Gasteiger partial charge in [0.25, 0.3) is 15.7 Å². The van der Waals surface area contributed by atoms with Crippen molar-refractivity contribution in [3.8, 4) is 17.0 Å². The van der Waals surface area contributed by atoms with E-state index < -0.39 is 55.8 Å². The van der Waals surface area contributed by atoms with Gasteiger partial charge in [-0.1, -0.05) is 6.07 Å². The van der Waals surface area contributed by atoms with Gasteiger partial charge in [0.05, 0.1) is 47.5 Å². The number of aliphatic carboxylic acids is 1. The highest BCUT2D eigenvalue weighted by Gasteiger charge is 2.52. The summed E-state index contributed by atoms with van der Waals surface area (Å²) in [5.74, 6) is -4.12. The number of aromatic nitrogens is 2. The van der Waals surface area contributed by atoms with E-state index in [4.69, 9.17) is 9.84 Å². The zero-order chi connectivity index (χ0) is 33.4. The van der Waals surface area contributed by atoms with Gasteiger partial charge in [-0.25, -0.2) is 12.8 Å². The zero-order valence-corrected chi connectivity index (χ0v) is 25.0. The van der Waals surface area contributed by atoms with Crippen LogP contribution in [0.2, 0.25) is 0 Å². The summed E-state index contributed by atoms with van der Waals surface area (Å²) >= 11 is 0. The molecule has 0 unspecified atom stereocenters. The highest BCUT2D eigenvalue weighted by molar-refractivity contribution is 7.92. The van der Waals surface area contributed by atoms with E-state index in [9.17, 15) is 36.0 Å².